The monoisotopic (exact) mass is 372 g/mol. The van der Waals surface area contributed by atoms with E-state index < -0.39 is 8.32 Å². The summed E-state index contributed by atoms with van der Waals surface area (Å²) in [6.07, 6.45) is 1.07. The number of halogens is 1. The third kappa shape index (κ3) is 5.15. The molecule has 0 aliphatic heterocycles. The summed E-state index contributed by atoms with van der Waals surface area (Å²) >= 11 is 3.57. The van der Waals surface area contributed by atoms with Crippen LogP contribution in [0.1, 0.15) is 32.8 Å². The summed E-state index contributed by atoms with van der Waals surface area (Å²) in [5.74, 6) is 0.691. The maximum Gasteiger partial charge on any atom is 0.305 e. The topological polar surface area (TPSA) is 35.5 Å². The molecule has 0 saturated heterocycles. The lowest BCUT2D eigenvalue weighted by molar-refractivity contribution is -0.140. The molecule has 0 N–H and O–H groups in total. The first-order chi connectivity index (χ1) is 9.56. The van der Waals surface area contributed by atoms with Crippen LogP contribution in [0.4, 0.5) is 0 Å². The quantitative estimate of drug-likeness (QED) is 0.542. The molecule has 0 bridgehead atoms. The van der Waals surface area contributed by atoms with Crippen LogP contribution in [0.15, 0.2) is 22.7 Å². The highest BCUT2D eigenvalue weighted by Gasteiger charge is 2.39. The van der Waals surface area contributed by atoms with E-state index >= 15 is 0 Å². The Morgan fingerprint density at radius 3 is 2.38 bits per heavy atom. The van der Waals surface area contributed by atoms with E-state index in [1.807, 2.05) is 18.2 Å². The summed E-state index contributed by atoms with van der Waals surface area (Å²) in [5, 5.41) is 0.163. The van der Waals surface area contributed by atoms with E-state index in [2.05, 4.69) is 54.5 Å². The first-order valence-electron chi connectivity index (χ1n) is 7.11. The minimum atomic E-state index is -1.84. The fraction of sp³-hybridized carbons (Fsp3) is 0.562. The first-order valence-corrected chi connectivity index (χ1v) is 10.8. The molecule has 118 valence electrons. The zero-order chi connectivity index (χ0) is 16.3. The Labute approximate surface area is 137 Å². The van der Waals surface area contributed by atoms with Crippen molar-refractivity contribution in [1.82, 2.24) is 0 Å². The van der Waals surface area contributed by atoms with Gasteiger partial charge in [-0.3, -0.25) is 4.79 Å². The van der Waals surface area contributed by atoms with Crippen LogP contribution in [0.2, 0.25) is 18.1 Å². The van der Waals surface area contributed by atoms with Crippen molar-refractivity contribution in [2.45, 2.75) is 51.7 Å². The molecule has 0 saturated carbocycles. The molecule has 1 aromatic carbocycles. The van der Waals surface area contributed by atoms with Crippen molar-refractivity contribution in [2.75, 3.05) is 7.11 Å². The van der Waals surface area contributed by atoms with E-state index in [0.29, 0.717) is 12.8 Å². The number of methoxy groups -OCH3 is 1. The van der Waals surface area contributed by atoms with Gasteiger partial charge in [0.2, 0.25) is 0 Å². The Morgan fingerprint density at radius 1 is 1.29 bits per heavy atom. The van der Waals surface area contributed by atoms with Gasteiger partial charge in [0.25, 0.3) is 8.32 Å². The minimum absolute atomic E-state index is 0.163. The normalized spacial score (nSPS) is 12.1. The predicted molar refractivity (Wildman–Crippen MR) is 92.3 cm³/mol. The van der Waals surface area contributed by atoms with E-state index in [4.69, 9.17) is 4.43 Å². The summed E-state index contributed by atoms with van der Waals surface area (Å²) in [4.78, 5) is 11.2. The van der Waals surface area contributed by atoms with Gasteiger partial charge < -0.3 is 9.16 Å². The summed E-state index contributed by atoms with van der Waals surface area (Å²) < 4.78 is 11.9. The lowest BCUT2D eigenvalue weighted by Crippen LogP contribution is -2.43. The molecule has 0 amide bonds. The molecule has 1 aromatic rings. The van der Waals surface area contributed by atoms with E-state index in [1.54, 1.807) is 0 Å². The fourth-order valence-electron chi connectivity index (χ4n) is 1.56. The minimum Gasteiger partial charge on any atom is -0.543 e. The molecule has 0 aromatic heterocycles. The third-order valence-electron chi connectivity index (χ3n) is 4.01. The Balaban J connectivity index is 2.82. The molecule has 5 heteroatoms. The van der Waals surface area contributed by atoms with Crippen LogP contribution in [0, 0.1) is 0 Å². The second-order valence-corrected chi connectivity index (χ2v) is 12.3. The number of aryl methyl sites for hydroxylation is 1. The van der Waals surface area contributed by atoms with Gasteiger partial charge in [-0.25, -0.2) is 0 Å². The number of hydrogen-bond donors (Lipinski definition) is 0. The second-order valence-electron chi connectivity index (χ2n) is 6.70. The van der Waals surface area contributed by atoms with Crippen LogP contribution in [0.3, 0.4) is 0 Å². The van der Waals surface area contributed by atoms with Gasteiger partial charge >= 0.3 is 5.97 Å². The third-order valence-corrected chi connectivity index (χ3v) is 8.98. The molecule has 0 heterocycles. The van der Waals surface area contributed by atoms with Gasteiger partial charge in [-0.1, -0.05) is 26.8 Å². The maximum atomic E-state index is 11.2. The Bertz CT molecular complexity index is 507. The van der Waals surface area contributed by atoms with Crippen molar-refractivity contribution in [3.8, 4) is 5.75 Å². The van der Waals surface area contributed by atoms with Crippen molar-refractivity contribution in [1.29, 1.82) is 0 Å². The molecule has 0 unspecified atom stereocenters. The molecule has 0 aliphatic rings. The zero-order valence-corrected chi connectivity index (χ0v) is 16.3. The number of carbonyl (C=O) groups is 1. The van der Waals surface area contributed by atoms with E-state index in [-0.39, 0.29) is 11.0 Å². The Morgan fingerprint density at radius 2 is 1.90 bits per heavy atom. The number of esters is 1. The number of rotatable bonds is 5. The van der Waals surface area contributed by atoms with E-state index in [1.165, 1.54) is 7.11 Å². The lowest BCUT2D eigenvalue weighted by Gasteiger charge is -2.36. The summed E-state index contributed by atoms with van der Waals surface area (Å²) in [6, 6.07) is 6.01. The van der Waals surface area contributed by atoms with Gasteiger partial charge in [0.15, 0.2) is 0 Å². The van der Waals surface area contributed by atoms with Crippen molar-refractivity contribution in [3.05, 3.63) is 28.2 Å². The maximum absolute atomic E-state index is 11.2. The van der Waals surface area contributed by atoms with Crippen LogP contribution >= 0.6 is 15.9 Å². The molecule has 0 radical (unpaired) electrons. The smallest absolute Gasteiger partial charge is 0.305 e. The number of benzene rings is 1. The number of ether oxygens (including phenoxy) is 1. The van der Waals surface area contributed by atoms with Crippen molar-refractivity contribution >= 4 is 30.2 Å². The van der Waals surface area contributed by atoms with Crippen LogP contribution in [0.5, 0.6) is 5.75 Å². The molecule has 0 fully saturated rings. The van der Waals surface area contributed by atoms with Crippen LogP contribution < -0.4 is 4.43 Å². The average Bonchev–Trinajstić information content (AvgIpc) is 2.37. The zero-order valence-electron chi connectivity index (χ0n) is 13.7. The fourth-order valence-corrected chi connectivity index (χ4v) is 3.25. The second kappa shape index (κ2) is 6.96. The van der Waals surface area contributed by atoms with Gasteiger partial charge in [0, 0.05) is 6.42 Å². The van der Waals surface area contributed by atoms with Gasteiger partial charge in [-0.05, 0) is 58.2 Å². The summed E-state index contributed by atoms with van der Waals surface area (Å²) in [7, 11) is -0.430. The molecular formula is C16H25BrO3Si. The van der Waals surface area contributed by atoms with Crippen molar-refractivity contribution < 1.29 is 14.0 Å². The standard InChI is InChI=1S/C16H25BrO3Si/c1-16(2,3)21(5,6)20-14-9-7-12(11-13(14)17)8-10-15(18)19-4/h7,9,11H,8,10H2,1-6H3. The van der Waals surface area contributed by atoms with Crippen LogP contribution in [0.25, 0.3) is 0 Å². The largest absolute Gasteiger partial charge is 0.543 e. The SMILES string of the molecule is COC(=O)CCc1ccc(O[Si](C)(C)C(C)(C)C)c(Br)c1. The summed E-state index contributed by atoms with van der Waals surface area (Å²) in [5.41, 5.74) is 1.09. The van der Waals surface area contributed by atoms with Crippen LogP contribution in [-0.2, 0) is 16.0 Å². The highest BCUT2D eigenvalue weighted by Crippen LogP contribution is 2.39. The van der Waals surface area contributed by atoms with Crippen molar-refractivity contribution in [3.63, 3.8) is 0 Å². The highest BCUT2D eigenvalue weighted by molar-refractivity contribution is 9.10. The molecule has 0 spiro atoms. The summed E-state index contributed by atoms with van der Waals surface area (Å²) in [6.45, 7) is 11.1. The van der Waals surface area contributed by atoms with Gasteiger partial charge in [0.05, 0.1) is 11.6 Å². The average molecular weight is 373 g/mol. The van der Waals surface area contributed by atoms with Gasteiger partial charge in [-0.15, -0.1) is 0 Å². The first kappa shape index (κ1) is 18.2. The Kier molecular flexibility index (Phi) is 6.05. The van der Waals surface area contributed by atoms with E-state index in [9.17, 15) is 4.79 Å². The molecule has 0 aliphatic carbocycles. The van der Waals surface area contributed by atoms with Crippen LogP contribution in [-0.4, -0.2) is 21.4 Å². The van der Waals surface area contributed by atoms with Crippen molar-refractivity contribution in [2.24, 2.45) is 0 Å². The number of carbonyl (C=O) groups excluding carboxylic acids is 1. The van der Waals surface area contributed by atoms with E-state index in [0.717, 1.165) is 15.8 Å². The van der Waals surface area contributed by atoms with Gasteiger partial charge in [-0.2, -0.15) is 0 Å². The molecular weight excluding hydrogens is 348 g/mol. The predicted octanol–water partition coefficient (Wildman–Crippen LogP) is 4.94. The molecule has 21 heavy (non-hydrogen) atoms. The Hall–Kier alpha value is -0.813. The lowest BCUT2D eigenvalue weighted by atomic mass is 10.1. The van der Waals surface area contributed by atoms with Gasteiger partial charge in [0.1, 0.15) is 5.75 Å². The molecule has 0 atom stereocenters. The number of hydrogen-bond acceptors (Lipinski definition) is 3. The highest BCUT2D eigenvalue weighted by atomic mass is 79.9. The molecule has 1 rings (SSSR count). The molecule has 3 nitrogen and oxygen atoms in total.